The summed E-state index contributed by atoms with van der Waals surface area (Å²) >= 11 is 0. The van der Waals surface area contributed by atoms with Crippen molar-refractivity contribution in [3.63, 3.8) is 0 Å². The molecule has 1 heterocycles. The van der Waals surface area contributed by atoms with Crippen LogP contribution in [0.5, 0.6) is 0 Å². The van der Waals surface area contributed by atoms with Crippen LogP contribution in [0.2, 0.25) is 0 Å². The third-order valence-corrected chi connectivity index (χ3v) is 2.76. The van der Waals surface area contributed by atoms with E-state index in [1.54, 1.807) is 6.92 Å². The molecular formula is C13H11F3N2O. The van der Waals surface area contributed by atoms with Crippen LogP contribution < -0.4 is 0 Å². The number of aryl methyl sites for hydroxylation is 1. The minimum Gasteiger partial charge on any atom is -0.298 e. The number of hydrogen-bond donors (Lipinski definition) is 0. The molecule has 100 valence electrons. The number of alkyl halides is 3. The Kier molecular flexibility index (Phi) is 3.42. The van der Waals surface area contributed by atoms with Gasteiger partial charge in [0, 0.05) is 12.1 Å². The van der Waals surface area contributed by atoms with Crippen LogP contribution in [0.4, 0.5) is 13.2 Å². The Hall–Kier alpha value is -2.11. The number of rotatable bonds is 3. The number of hydrogen-bond acceptors (Lipinski definition) is 2. The monoisotopic (exact) mass is 268 g/mol. The molecule has 0 N–H and O–H groups in total. The molecule has 2 rings (SSSR count). The predicted octanol–water partition coefficient (Wildman–Crippen LogP) is 3.40. The van der Waals surface area contributed by atoms with E-state index < -0.39 is 11.7 Å². The van der Waals surface area contributed by atoms with E-state index in [1.807, 2.05) is 0 Å². The zero-order valence-electron chi connectivity index (χ0n) is 10.1. The minimum absolute atomic E-state index is 0.279. The van der Waals surface area contributed by atoms with Gasteiger partial charge < -0.3 is 0 Å². The Morgan fingerprint density at radius 2 is 2.11 bits per heavy atom. The van der Waals surface area contributed by atoms with Crippen molar-refractivity contribution in [1.29, 1.82) is 0 Å². The highest BCUT2D eigenvalue weighted by Gasteiger charge is 2.30. The molecule has 0 radical (unpaired) electrons. The highest BCUT2D eigenvalue weighted by Crippen LogP contribution is 2.32. The quantitative estimate of drug-likeness (QED) is 0.800. The zero-order valence-corrected chi connectivity index (χ0v) is 10.1. The SMILES string of the molecule is CCn1ncc(C=O)c1-c1cccc(C(F)(F)F)c1. The van der Waals surface area contributed by atoms with Gasteiger partial charge in [-0.15, -0.1) is 0 Å². The number of carbonyl (C=O) groups is 1. The lowest BCUT2D eigenvalue weighted by atomic mass is 10.1. The number of nitrogens with zero attached hydrogens (tertiary/aromatic N) is 2. The summed E-state index contributed by atoms with van der Waals surface area (Å²) in [4.78, 5) is 10.9. The standard InChI is InChI=1S/C13H11F3N2O/c1-2-18-12(10(8-19)7-17-18)9-4-3-5-11(6-9)13(14,15)16/h3-8H,2H2,1H3. The maximum atomic E-state index is 12.7. The van der Waals surface area contributed by atoms with Gasteiger partial charge in [-0.2, -0.15) is 18.3 Å². The van der Waals surface area contributed by atoms with Crippen molar-refractivity contribution in [2.24, 2.45) is 0 Å². The van der Waals surface area contributed by atoms with Gasteiger partial charge in [-0.1, -0.05) is 12.1 Å². The predicted molar refractivity (Wildman–Crippen MR) is 63.7 cm³/mol. The van der Waals surface area contributed by atoms with Crippen LogP contribution in [-0.4, -0.2) is 16.1 Å². The summed E-state index contributed by atoms with van der Waals surface area (Å²) < 4.78 is 39.5. The van der Waals surface area contributed by atoms with Crippen LogP contribution in [0.15, 0.2) is 30.5 Å². The molecule has 0 spiro atoms. The van der Waals surface area contributed by atoms with E-state index in [9.17, 15) is 18.0 Å². The van der Waals surface area contributed by atoms with Crippen LogP contribution in [0.1, 0.15) is 22.8 Å². The molecule has 2 aromatic rings. The van der Waals surface area contributed by atoms with Crippen LogP contribution in [-0.2, 0) is 12.7 Å². The van der Waals surface area contributed by atoms with Gasteiger partial charge in [-0.3, -0.25) is 9.48 Å². The summed E-state index contributed by atoms with van der Waals surface area (Å²) in [6.07, 6.45) is -2.46. The first-order chi connectivity index (χ1) is 8.97. The largest absolute Gasteiger partial charge is 0.416 e. The van der Waals surface area contributed by atoms with E-state index in [0.29, 0.717) is 24.1 Å². The summed E-state index contributed by atoms with van der Waals surface area (Å²) in [7, 11) is 0. The van der Waals surface area contributed by atoms with Crippen molar-refractivity contribution in [1.82, 2.24) is 9.78 Å². The van der Waals surface area contributed by atoms with Gasteiger partial charge in [0.05, 0.1) is 23.0 Å². The summed E-state index contributed by atoms with van der Waals surface area (Å²) in [6, 6.07) is 4.87. The van der Waals surface area contributed by atoms with Crippen molar-refractivity contribution < 1.29 is 18.0 Å². The molecule has 0 amide bonds. The summed E-state index contributed by atoms with van der Waals surface area (Å²) in [5.41, 5.74) is 0.270. The first kappa shape index (κ1) is 13.3. The van der Waals surface area contributed by atoms with Crippen molar-refractivity contribution in [2.45, 2.75) is 19.6 Å². The second-order valence-corrected chi connectivity index (χ2v) is 3.96. The Morgan fingerprint density at radius 3 is 2.68 bits per heavy atom. The minimum atomic E-state index is -4.41. The van der Waals surface area contributed by atoms with E-state index in [4.69, 9.17) is 0 Å². The normalized spacial score (nSPS) is 11.6. The Morgan fingerprint density at radius 1 is 1.37 bits per heavy atom. The van der Waals surface area contributed by atoms with E-state index in [2.05, 4.69) is 5.10 Å². The maximum Gasteiger partial charge on any atom is 0.416 e. The molecule has 0 saturated heterocycles. The van der Waals surface area contributed by atoms with Crippen molar-refractivity contribution >= 4 is 6.29 Å². The Bertz CT molecular complexity index is 602. The van der Waals surface area contributed by atoms with Gasteiger partial charge in [0.15, 0.2) is 6.29 Å². The van der Waals surface area contributed by atoms with Crippen molar-refractivity contribution in [2.75, 3.05) is 0 Å². The molecule has 0 bridgehead atoms. The van der Waals surface area contributed by atoms with Gasteiger partial charge in [-0.25, -0.2) is 0 Å². The number of aromatic nitrogens is 2. The molecule has 0 atom stereocenters. The van der Waals surface area contributed by atoms with E-state index in [-0.39, 0.29) is 5.56 Å². The molecule has 1 aromatic heterocycles. The smallest absolute Gasteiger partial charge is 0.298 e. The van der Waals surface area contributed by atoms with Crippen LogP contribution in [0.3, 0.4) is 0 Å². The molecule has 0 saturated carbocycles. The highest BCUT2D eigenvalue weighted by molar-refractivity contribution is 5.85. The van der Waals surface area contributed by atoms with Gasteiger partial charge in [-0.05, 0) is 19.1 Å². The third kappa shape index (κ3) is 2.52. The van der Waals surface area contributed by atoms with Crippen LogP contribution in [0, 0.1) is 0 Å². The molecule has 6 heteroatoms. The molecule has 0 aliphatic heterocycles. The summed E-state index contributed by atoms with van der Waals surface area (Å²) in [5.74, 6) is 0. The average Bonchev–Trinajstić information content (AvgIpc) is 2.80. The molecule has 19 heavy (non-hydrogen) atoms. The maximum absolute atomic E-state index is 12.7. The number of aldehydes is 1. The van der Waals surface area contributed by atoms with E-state index in [0.717, 1.165) is 12.1 Å². The molecule has 0 aliphatic rings. The third-order valence-electron chi connectivity index (χ3n) is 2.76. The summed E-state index contributed by atoms with van der Waals surface area (Å²) in [6.45, 7) is 2.28. The second-order valence-electron chi connectivity index (χ2n) is 3.96. The Labute approximate surface area is 107 Å². The molecule has 1 aromatic carbocycles. The fourth-order valence-corrected chi connectivity index (χ4v) is 1.88. The molecule has 0 unspecified atom stereocenters. The highest BCUT2D eigenvalue weighted by atomic mass is 19.4. The Balaban J connectivity index is 2.59. The average molecular weight is 268 g/mol. The van der Waals surface area contributed by atoms with Gasteiger partial charge >= 0.3 is 6.18 Å². The fourth-order valence-electron chi connectivity index (χ4n) is 1.88. The topological polar surface area (TPSA) is 34.9 Å². The second kappa shape index (κ2) is 4.87. The van der Waals surface area contributed by atoms with Crippen LogP contribution >= 0.6 is 0 Å². The first-order valence-corrected chi connectivity index (χ1v) is 5.66. The number of benzene rings is 1. The molecule has 0 fully saturated rings. The van der Waals surface area contributed by atoms with Crippen molar-refractivity contribution in [3.05, 3.63) is 41.6 Å². The van der Waals surface area contributed by atoms with E-state index >= 15 is 0 Å². The van der Waals surface area contributed by atoms with Gasteiger partial charge in [0.2, 0.25) is 0 Å². The molecule has 3 nitrogen and oxygen atoms in total. The zero-order chi connectivity index (χ0) is 14.0. The lowest BCUT2D eigenvalue weighted by Gasteiger charge is -2.10. The fraction of sp³-hybridized carbons (Fsp3) is 0.231. The van der Waals surface area contributed by atoms with Gasteiger partial charge in [0.25, 0.3) is 0 Å². The van der Waals surface area contributed by atoms with Crippen molar-refractivity contribution in [3.8, 4) is 11.3 Å². The van der Waals surface area contributed by atoms with Gasteiger partial charge in [0.1, 0.15) is 0 Å². The first-order valence-electron chi connectivity index (χ1n) is 5.66. The lowest BCUT2D eigenvalue weighted by molar-refractivity contribution is -0.137. The molecule has 0 aliphatic carbocycles. The number of halogens is 3. The summed E-state index contributed by atoms with van der Waals surface area (Å²) in [5, 5.41) is 3.98. The lowest BCUT2D eigenvalue weighted by Crippen LogP contribution is -2.06. The van der Waals surface area contributed by atoms with Crippen LogP contribution in [0.25, 0.3) is 11.3 Å². The number of carbonyl (C=O) groups excluding carboxylic acids is 1. The van der Waals surface area contributed by atoms with E-state index in [1.165, 1.54) is 23.0 Å². The molecular weight excluding hydrogens is 257 g/mol.